The summed E-state index contributed by atoms with van der Waals surface area (Å²) in [5.74, 6) is 0.0737. The molecule has 2 aliphatic rings. The second-order valence-electron chi connectivity index (χ2n) is 9.34. The van der Waals surface area contributed by atoms with E-state index < -0.39 is 0 Å². The third-order valence-electron chi connectivity index (χ3n) is 6.75. The van der Waals surface area contributed by atoms with Gasteiger partial charge in [0.1, 0.15) is 11.2 Å². The van der Waals surface area contributed by atoms with Crippen LogP contribution in [0.25, 0.3) is 16.7 Å². The Morgan fingerprint density at radius 3 is 2.67 bits per heavy atom. The molecule has 1 spiro atoms. The zero-order valence-corrected chi connectivity index (χ0v) is 18.6. The van der Waals surface area contributed by atoms with Crippen LogP contribution >= 0.6 is 0 Å². The zero-order chi connectivity index (χ0) is 22.7. The van der Waals surface area contributed by atoms with E-state index in [2.05, 4.69) is 33.8 Å². The topological polar surface area (TPSA) is 76.8 Å². The van der Waals surface area contributed by atoms with Crippen LogP contribution in [0.5, 0.6) is 0 Å². The van der Waals surface area contributed by atoms with E-state index in [-0.39, 0.29) is 17.4 Å². The van der Waals surface area contributed by atoms with E-state index in [1.54, 1.807) is 27.7 Å². The lowest BCUT2D eigenvalue weighted by Crippen LogP contribution is -2.33. The smallest absolute Gasteiger partial charge is 0.278 e. The molecule has 0 saturated heterocycles. The molecule has 0 amide bonds. The molecule has 1 saturated carbocycles. The molecule has 0 atom stereocenters. The lowest BCUT2D eigenvalue weighted by molar-refractivity contribution is 0.475. The van der Waals surface area contributed by atoms with Crippen molar-refractivity contribution in [2.75, 3.05) is 11.9 Å². The normalized spacial score (nSPS) is 16.4. The lowest BCUT2D eigenvalue weighted by atomic mass is 9.88. The second kappa shape index (κ2) is 7.25. The highest BCUT2D eigenvalue weighted by atomic mass is 19.1. The Morgan fingerprint density at radius 2 is 1.94 bits per heavy atom. The standard InChI is InChI=1S/C25H25FN6O/c1-15(2)31-23(33)20-13-28-24(30-22(20)32(31)19-6-3-17(26)4-7-19)29-18-5-8-21-16(11-18)12-27-14-25(21)9-10-25/h3-8,11,13,15,27H,9-10,12,14H2,1-2H3,(H,28,29,30). The highest BCUT2D eigenvalue weighted by Crippen LogP contribution is 2.50. The lowest BCUT2D eigenvalue weighted by Gasteiger charge is -2.26. The number of hydrogen-bond acceptors (Lipinski definition) is 5. The van der Waals surface area contributed by atoms with Crippen LogP contribution in [0.1, 0.15) is 43.9 Å². The number of fused-ring (bicyclic) bond motifs is 3. The summed E-state index contributed by atoms with van der Waals surface area (Å²) in [6.45, 7) is 5.77. The number of hydrogen-bond donors (Lipinski definition) is 2. The average Bonchev–Trinajstić information content (AvgIpc) is 3.50. The first-order valence-electron chi connectivity index (χ1n) is 11.3. The first-order valence-corrected chi connectivity index (χ1v) is 11.3. The summed E-state index contributed by atoms with van der Waals surface area (Å²) in [5, 5.41) is 7.26. The summed E-state index contributed by atoms with van der Waals surface area (Å²) in [4.78, 5) is 22.2. The minimum Gasteiger partial charge on any atom is -0.324 e. The van der Waals surface area contributed by atoms with Gasteiger partial charge in [0, 0.05) is 36.4 Å². The molecule has 7 nitrogen and oxygen atoms in total. The van der Waals surface area contributed by atoms with Gasteiger partial charge in [0.2, 0.25) is 5.95 Å². The Balaban J connectivity index is 1.43. The average molecular weight is 445 g/mol. The Bertz CT molecular complexity index is 1430. The number of anilines is 2. The van der Waals surface area contributed by atoms with E-state index in [1.165, 1.54) is 36.1 Å². The summed E-state index contributed by atoms with van der Waals surface area (Å²) < 4.78 is 16.9. The Hall–Kier alpha value is -3.52. The first kappa shape index (κ1) is 20.1. The van der Waals surface area contributed by atoms with Crippen molar-refractivity contribution in [3.8, 4) is 5.69 Å². The molecule has 1 aliphatic heterocycles. The number of nitrogens with one attached hydrogen (secondary N) is 2. The van der Waals surface area contributed by atoms with Gasteiger partial charge in [0.25, 0.3) is 5.56 Å². The molecule has 2 aromatic heterocycles. The molecule has 0 bridgehead atoms. The van der Waals surface area contributed by atoms with Gasteiger partial charge in [0.15, 0.2) is 5.65 Å². The zero-order valence-electron chi connectivity index (χ0n) is 18.6. The van der Waals surface area contributed by atoms with Gasteiger partial charge < -0.3 is 10.6 Å². The molecule has 4 aromatic rings. The first-order chi connectivity index (χ1) is 15.9. The fourth-order valence-corrected chi connectivity index (χ4v) is 4.95. The van der Waals surface area contributed by atoms with Gasteiger partial charge in [-0.25, -0.2) is 18.7 Å². The monoisotopic (exact) mass is 444 g/mol. The predicted octanol–water partition coefficient (Wildman–Crippen LogP) is 4.18. The maximum atomic E-state index is 13.5. The molecule has 8 heteroatoms. The number of halogens is 1. The SMILES string of the molecule is CC(C)n1c(=O)c2cnc(Nc3ccc4c(c3)CNCC43CC3)nc2n1-c1ccc(F)cc1. The summed E-state index contributed by atoms with van der Waals surface area (Å²) in [6.07, 6.45) is 4.05. The van der Waals surface area contributed by atoms with Crippen molar-refractivity contribution in [3.63, 3.8) is 0 Å². The van der Waals surface area contributed by atoms with E-state index >= 15 is 0 Å². The van der Waals surface area contributed by atoms with E-state index in [9.17, 15) is 9.18 Å². The van der Waals surface area contributed by atoms with Crippen molar-refractivity contribution < 1.29 is 4.39 Å². The minimum atomic E-state index is -0.333. The van der Waals surface area contributed by atoms with Gasteiger partial charge in [-0.15, -0.1) is 0 Å². The van der Waals surface area contributed by atoms with Crippen LogP contribution in [0.4, 0.5) is 16.0 Å². The molecular formula is C25H25FN6O. The van der Waals surface area contributed by atoms with Crippen LogP contribution in [0.2, 0.25) is 0 Å². The Morgan fingerprint density at radius 1 is 1.15 bits per heavy atom. The number of benzene rings is 2. The van der Waals surface area contributed by atoms with Crippen LogP contribution in [-0.2, 0) is 12.0 Å². The fourth-order valence-electron chi connectivity index (χ4n) is 4.95. The highest BCUT2D eigenvalue weighted by Gasteiger charge is 2.46. The Kier molecular flexibility index (Phi) is 4.42. The molecule has 3 heterocycles. The molecule has 0 unspecified atom stereocenters. The predicted molar refractivity (Wildman–Crippen MR) is 126 cm³/mol. The van der Waals surface area contributed by atoms with Crippen molar-refractivity contribution in [1.29, 1.82) is 0 Å². The molecule has 33 heavy (non-hydrogen) atoms. The van der Waals surface area contributed by atoms with Gasteiger partial charge in [-0.2, -0.15) is 4.98 Å². The van der Waals surface area contributed by atoms with Crippen LogP contribution in [0.15, 0.2) is 53.5 Å². The van der Waals surface area contributed by atoms with Crippen LogP contribution in [0.3, 0.4) is 0 Å². The van der Waals surface area contributed by atoms with Gasteiger partial charge in [-0.1, -0.05) is 6.07 Å². The number of nitrogens with zero attached hydrogens (tertiary/aromatic N) is 4. The maximum absolute atomic E-state index is 13.5. The van der Waals surface area contributed by atoms with Gasteiger partial charge >= 0.3 is 0 Å². The largest absolute Gasteiger partial charge is 0.324 e. The second-order valence-corrected chi connectivity index (χ2v) is 9.34. The van der Waals surface area contributed by atoms with E-state index in [1.807, 2.05) is 13.8 Å². The third-order valence-corrected chi connectivity index (χ3v) is 6.75. The summed E-state index contributed by atoms with van der Waals surface area (Å²) in [7, 11) is 0. The van der Waals surface area contributed by atoms with Crippen LogP contribution < -0.4 is 16.2 Å². The van der Waals surface area contributed by atoms with E-state index in [4.69, 9.17) is 4.98 Å². The quantitative estimate of drug-likeness (QED) is 0.494. The molecule has 0 radical (unpaired) electrons. The van der Waals surface area contributed by atoms with Gasteiger partial charge in [-0.3, -0.25) is 4.79 Å². The molecule has 1 fully saturated rings. The molecule has 1 aliphatic carbocycles. The minimum absolute atomic E-state index is 0.115. The van der Waals surface area contributed by atoms with Crippen molar-refractivity contribution in [1.82, 2.24) is 24.6 Å². The van der Waals surface area contributed by atoms with Gasteiger partial charge in [-0.05, 0) is 74.2 Å². The maximum Gasteiger partial charge on any atom is 0.278 e. The third kappa shape index (κ3) is 3.24. The van der Waals surface area contributed by atoms with Crippen molar-refractivity contribution >= 4 is 22.7 Å². The van der Waals surface area contributed by atoms with E-state index in [0.717, 1.165) is 18.8 Å². The van der Waals surface area contributed by atoms with E-state index in [0.29, 0.717) is 28.1 Å². The number of aromatic nitrogens is 4. The van der Waals surface area contributed by atoms with Crippen LogP contribution in [0, 0.1) is 5.82 Å². The number of rotatable bonds is 4. The molecular weight excluding hydrogens is 419 g/mol. The van der Waals surface area contributed by atoms with Crippen molar-refractivity contribution in [2.24, 2.45) is 0 Å². The molecule has 2 aromatic carbocycles. The van der Waals surface area contributed by atoms with Crippen LogP contribution in [-0.4, -0.2) is 25.9 Å². The highest BCUT2D eigenvalue weighted by molar-refractivity contribution is 5.77. The molecule has 168 valence electrons. The molecule has 2 N–H and O–H groups in total. The van der Waals surface area contributed by atoms with Crippen molar-refractivity contribution in [3.05, 3.63) is 76.0 Å². The van der Waals surface area contributed by atoms with Gasteiger partial charge in [0.05, 0.1) is 5.69 Å². The summed E-state index contributed by atoms with van der Waals surface area (Å²) in [5.41, 5.74) is 4.95. The Labute approximate surface area is 190 Å². The van der Waals surface area contributed by atoms with Crippen molar-refractivity contribution in [2.45, 2.75) is 44.7 Å². The fraction of sp³-hybridized carbons (Fsp3) is 0.320. The molecule has 6 rings (SSSR count). The summed E-state index contributed by atoms with van der Waals surface area (Å²) >= 11 is 0. The summed E-state index contributed by atoms with van der Waals surface area (Å²) in [6, 6.07) is 12.4.